The number of hydrogen-bond acceptors (Lipinski definition) is 9. The monoisotopic (exact) mass is 514 g/mol. The lowest BCUT2D eigenvalue weighted by Crippen LogP contribution is -2.59. The summed E-state index contributed by atoms with van der Waals surface area (Å²) in [4.78, 5) is 11.9. The van der Waals surface area contributed by atoms with Gasteiger partial charge in [-0.25, -0.2) is 0 Å². The largest absolute Gasteiger partial charge is 0.463 e. The van der Waals surface area contributed by atoms with Crippen molar-refractivity contribution in [2.24, 2.45) is 0 Å². The van der Waals surface area contributed by atoms with Crippen molar-refractivity contribution in [3.05, 3.63) is 36.5 Å². The molecule has 0 saturated carbocycles. The van der Waals surface area contributed by atoms with Crippen molar-refractivity contribution in [2.75, 3.05) is 19.8 Å². The Morgan fingerprint density at radius 2 is 1.50 bits per heavy atom. The minimum atomic E-state index is -1.56. The molecular formula is C27H46O9. The molecule has 0 aromatic rings. The number of esters is 1. The molecule has 0 amide bonds. The lowest BCUT2D eigenvalue weighted by Gasteiger charge is -2.39. The summed E-state index contributed by atoms with van der Waals surface area (Å²) in [5.41, 5.74) is 0. The SMILES string of the molecule is CC/C=C\C/C=C\C/C=C\CCCCCCCC(=O)OCC(O)COC1OC(CO)C(O)C(O)C1O. The van der Waals surface area contributed by atoms with Crippen molar-refractivity contribution >= 4 is 5.97 Å². The molecular weight excluding hydrogens is 468 g/mol. The molecule has 0 aliphatic carbocycles. The summed E-state index contributed by atoms with van der Waals surface area (Å²) < 4.78 is 15.5. The summed E-state index contributed by atoms with van der Waals surface area (Å²) in [6.45, 7) is 0.964. The molecule has 1 fully saturated rings. The highest BCUT2D eigenvalue weighted by Crippen LogP contribution is 2.22. The van der Waals surface area contributed by atoms with Gasteiger partial charge < -0.3 is 39.7 Å². The highest BCUT2D eigenvalue weighted by molar-refractivity contribution is 5.69. The number of unbranched alkanes of at least 4 members (excludes halogenated alkanes) is 5. The van der Waals surface area contributed by atoms with E-state index in [0.29, 0.717) is 0 Å². The van der Waals surface area contributed by atoms with Gasteiger partial charge in [-0.05, 0) is 38.5 Å². The van der Waals surface area contributed by atoms with Gasteiger partial charge in [0.05, 0.1) is 13.2 Å². The van der Waals surface area contributed by atoms with Crippen molar-refractivity contribution in [1.82, 2.24) is 0 Å². The van der Waals surface area contributed by atoms with Crippen molar-refractivity contribution in [2.45, 2.75) is 108 Å². The molecule has 1 aliphatic rings. The number of hydrogen-bond donors (Lipinski definition) is 5. The summed E-state index contributed by atoms with van der Waals surface area (Å²) in [6.07, 6.45) is 14.3. The van der Waals surface area contributed by atoms with Crippen LogP contribution in [-0.4, -0.2) is 88.1 Å². The highest BCUT2D eigenvalue weighted by atomic mass is 16.7. The van der Waals surface area contributed by atoms with E-state index in [2.05, 4.69) is 43.4 Å². The number of rotatable bonds is 19. The fraction of sp³-hybridized carbons (Fsp3) is 0.741. The standard InChI is InChI=1S/C27H46O9/c1-2-3-4-5-6-7-8-9-10-11-12-13-14-15-16-17-23(30)34-19-21(29)20-35-27-26(33)25(32)24(31)22(18-28)36-27/h3-4,6-7,9-10,21-22,24-29,31-33H,2,5,8,11-20H2,1H3/b4-3-,7-6-,10-9-. The van der Waals surface area contributed by atoms with Crippen LogP contribution in [0.15, 0.2) is 36.5 Å². The predicted octanol–water partition coefficient (Wildman–Crippen LogP) is 2.30. The average Bonchev–Trinajstić information content (AvgIpc) is 2.88. The number of carbonyl (C=O) groups excluding carboxylic acids is 1. The van der Waals surface area contributed by atoms with Crippen LogP contribution in [0.1, 0.15) is 71.1 Å². The van der Waals surface area contributed by atoms with Gasteiger partial charge in [-0.2, -0.15) is 0 Å². The van der Waals surface area contributed by atoms with Crippen LogP contribution < -0.4 is 0 Å². The van der Waals surface area contributed by atoms with Crippen molar-refractivity contribution < 1.29 is 44.5 Å². The van der Waals surface area contributed by atoms with E-state index in [1.807, 2.05) is 0 Å². The lowest BCUT2D eigenvalue weighted by atomic mass is 9.99. The molecule has 6 unspecified atom stereocenters. The third-order valence-corrected chi connectivity index (χ3v) is 5.77. The van der Waals surface area contributed by atoms with Crippen LogP contribution in [0, 0.1) is 0 Å². The van der Waals surface area contributed by atoms with Gasteiger partial charge in [0.15, 0.2) is 6.29 Å². The number of allylic oxidation sites excluding steroid dienone is 6. The fourth-order valence-electron chi connectivity index (χ4n) is 3.61. The first-order valence-corrected chi connectivity index (χ1v) is 13.1. The van der Waals surface area contributed by atoms with E-state index >= 15 is 0 Å². The highest BCUT2D eigenvalue weighted by Gasteiger charge is 2.44. The second-order valence-electron chi connectivity index (χ2n) is 8.97. The number of ether oxygens (including phenoxy) is 3. The zero-order chi connectivity index (χ0) is 26.6. The molecule has 5 N–H and O–H groups in total. The van der Waals surface area contributed by atoms with Gasteiger partial charge in [0, 0.05) is 6.42 Å². The third-order valence-electron chi connectivity index (χ3n) is 5.77. The zero-order valence-corrected chi connectivity index (χ0v) is 21.5. The first-order valence-electron chi connectivity index (χ1n) is 13.1. The van der Waals surface area contributed by atoms with Crippen molar-refractivity contribution in [3.8, 4) is 0 Å². The Morgan fingerprint density at radius 3 is 2.19 bits per heavy atom. The Morgan fingerprint density at radius 1 is 0.861 bits per heavy atom. The van der Waals surface area contributed by atoms with Crippen molar-refractivity contribution in [3.63, 3.8) is 0 Å². The van der Waals surface area contributed by atoms with Crippen LogP contribution in [0.3, 0.4) is 0 Å². The second kappa shape index (κ2) is 20.5. The maximum absolute atomic E-state index is 11.9. The molecule has 0 radical (unpaired) electrons. The quantitative estimate of drug-likeness (QED) is 0.0995. The summed E-state index contributed by atoms with van der Waals surface area (Å²) in [7, 11) is 0. The summed E-state index contributed by atoms with van der Waals surface area (Å²) >= 11 is 0. The molecule has 0 aromatic heterocycles. The van der Waals surface area contributed by atoms with E-state index in [0.717, 1.165) is 57.8 Å². The molecule has 208 valence electrons. The Bertz CT molecular complexity index is 647. The van der Waals surface area contributed by atoms with Crippen LogP contribution in [0.25, 0.3) is 0 Å². The summed E-state index contributed by atoms with van der Waals surface area (Å²) in [6, 6.07) is 0. The van der Waals surface area contributed by atoms with Gasteiger partial charge in [-0.15, -0.1) is 0 Å². The average molecular weight is 515 g/mol. The molecule has 1 rings (SSSR count). The van der Waals surface area contributed by atoms with Crippen LogP contribution >= 0.6 is 0 Å². The van der Waals surface area contributed by atoms with Gasteiger partial charge >= 0.3 is 5.97 Å². The Kier molecular flexibility index (Phi) is 18.4. The fourth-order valence-corrected chi connectivity index (χ4v) is 3.61. The van der Waals surface area contributed by atoms with E-state index in [4.69, 9.17) is 19.3 Å². The Labute approximate surface area is 215 Å². The number of aliphatic hydroxyl groups excluding tert-OH is 5. The number of carbonyl (C=O) groups is 1. The van der Waals surface area contributed by atoms with Gasteiger partial charge in [-0.3, -0.25) is 4.79 Å². The molecule has 9 nitrogen and oxygen atoms in total. The first kappa shape index (κ1) is 32.4. The number of aliphatic hydroxyl groups is 5. The molecule has 1 aliphatic heterocycles. The molecule has 36 heavy (non-hydrogen) atoms. The second-order valence-corrected chi connectivity index (χ2v) is 8.97. The third kappa shape index (κ3) is 14.2. The Balaban J connectivity index is 2.02. The summed E-state index contributed by atoms with van der Waals surface area (Å²) in [5, 5.41) is 48.5. The van der Waals surface area contributed by atoms with E-state index in [-0.39, 0.29) is 19.6 Å². The van der Waals surface area contributed by atoms with E-state index < -0.39 is 49.4 Å². The van der Waals surface area contributed by atoms with Gasteiger partial charge in [-0.1, -0.05) is 62.6 Å². The van der Waals surface area contributed by atoms with Gasteiger partial charge in [0.2, 0.25) is 0 Å². The minimum Gasteiger partial charge on any atom is -0.463 e. The predicted molar refractivity (Wildman–Crippen MR) is 136 cm³/mol. The van der Waals surface area contributed by atoms with Crippen LogP contribution in [0.2, 0.25) is 0 Å². The van der Waals surface area contributed by atoms with Gasteiger partial charge in [0.25, 0.3) is 0 Å². The zero-order valence-electron chi connectivity index (χ0n) is 21.5. The normalized spacial score (nSPS) is 25.8. The maximum Gasteiger partial charge on any atom is 0.305 e. The molecule has 0 bridgehead atoms. The molecule has 0 aromatic carbocycles. The smallest absolute Gasteiger partial charge is 0.305 e. The van der Waals surface area contributed by atoms with E-state index in [1.54, 1.807) is 0 Å². The molecule has 1 saturated heterocycles. The minimum absolute atomic E-state index is 0.271. The lowest BCUT2D eigenvalue weighted by molar-refractivity contribution is -0.305. The van der Waals surface area contributed by atoms with Gasteiger partial charge in [0.1, 0.15) is 37.1 Å². The molecule has 6 atom stereocenters. The van der Waals surface area contributed by atoms with Crippen LogP contribution in [-0.2, 0) is 19.0 Å². The van der Waals surface area contributed by atoms with E-state index in [1.165, 1.54) is 0 Å². The van der Waals surface area contributed by atoms with Crippen LogP contribution in [0.4, 0.5) is 0 Å². The van der Waals surface area contributed by atoms with E-state index in [9.17, 15) is 25.2 Å². The Hall–Kier alpha value is -1.59. The van der Waals surface area contributed by atoms with Crippen LogP contribution in [0.5, 0.6) is 0 Å². The maximum atomic E-state index is 11.9. The topological polar surface area (TPSA) is 146 Å². The molecule has 9 heteroatoms. The molecule has 1 heterocycles. The van der Waals surface area contributed by atoms with Crippen molar-refractivity contribution in [1.29, 1.82) is 0 Å². The molecule has 0 spiro atoms. The summed E-state index contributed by atoms with van der Waals surface area (Å²) in [5.74, 6) is -0.400. The first-order chi connectivity index (χ1) is 17.4.